The monoisotopic (exact) mass is 374 g/mol. The van der Waals surface area contributed by atoms with Crippen molar-refractivity contribution in [1.29, 1.82) is 0 Å². The van der Waals surface area contributed by atoms with Crippen molar-refractivity contribution in [2.75, 3.05) is 37.7 Å². The fourth-order valence-electron chi connectivity index (χ4n) is 3.12. The van der Waals surface area contributed by atoms with Crippen LogP contribution in [-0.4, -0.2) is 59.1 Å². The molecule has 8 heteroatoms. The van der Waals surface area contributed by atoms with Gasteiger partial charge in [0.1, 0.15) is 5.82 Å². The van der Waals surface area contributed by atoms with Crippen molar-refractivity contribution in [2.24, 2.45) is 0 Å². The van der Waals surface area contributed by atoms with Crippen LogP contribution in [0.4, 0.5) is 10.3 Å². The van der Waals surface area contributed by atoms with Gasteiger partial charge in [0.25, 0.3) is 0 Å². The van der Waals surface area contributed by atoms with E-state index in [0.29, 0.717) is 44.4 Å². The maximum atomic E-state index is 14.1. The lowest BCUT2D eigenvalue weighted by Crippen LogP contribution is -2.49. The van der Waals surface area contributed by atoms with Crippen molar-refractivity contribution in [3.63, 3.8) is 0 Å². The standard InChI is InChI=1S/C19H23FN4O3/c1-2-27-18(26)8-7-17(25)22-11-13-23(14-12-22)19-21-9-10-24(19)16-6-4-3-5-15(16)20/h3-6,9-10H,2,7-8,11-14H2,1H3. The second-order valence-electron chi connectivity index (χ2n) is 6.22. The Morgan fingerprint density at radius 3 is 2.59 bits per heavy atom. The van der Waals surface area contributed by atoms with Crippen molar-refractivity contribution >= 4 is 17.8 Å². The first-order valence-corrected chi connectivity index (χ1v) is 9.06. The van der Waals surface area contributed by atoms with E-state index in [0.717, 1.165) is 0 Å². The van der Waals surface area contributed by atoms with Crippen molar-refractivity contribution < 1.29 is 18.7 Å². The lowest BCUT2D eigenvalue weighted by Gasteiger charge is -2.35. The largest absolute Gasteiger partial charge is 0.466 e. The van der Waals surface area contributed by atoms with Crippen LogP contribution in [0.25, 0.3) is 5.69 Å². The number of piperazine rings is 1. The zero-order chi connectivity index (χ0) is 19.2. The van der Waals surface area contributed by atoms with Gasteiger partial charge >= 0.3 is 5.97 Å². The Kier molecular flexibility index (Phi) is 6.05. The van der Waals surface area contributed by atoms with Gasteiger partial charge in [-0.15, -0.1) is 0 Å². The summed E-state index contributed by atoms with van der Waals surface area (Å²) in [5, 5.41) is 0. The molecule has 0 unspecified atom stereocenters. The molecule has 2 aromatic rings. The van der Waals surface area contributed by atoms with Gasteiger partial charge in [0.05, 0.1) is 18.7 Å². The van der Waals surface area contributed by atoms with Gasteiger partial charge in [-0.3, -0.25) is 14.2 Å². The van der Waals surface area contributed by atoms with Crippen molar-refractivity contribution in [1.82, 2.24) is 14.5 Å². The molecule has 0 N–H and O–H groups in total. The molecular formula is C19H23FN4O3. The first kappa shape index (κ1) is 18.9. The highest BCUT2D eigenvalue weighted by Crippen LogP contribution is 2.21. The van der Waals surface area contributed by atoms with Crippen molar-refractivity contribution in [3.8, 4) is 5.69 Å². The van der Waals surface area contributed by atoms with Crippen LogP contribution in [0, 0.1) is 5.82 Å². The smallest absolute Gasteiger partial charge is 0.306 e. The van der Waals surface area contributed by atoms with Gasteiger partial charge in [-0.2, -0.15) is 0 Å². The van der Waals surface area contributed by atoms with Crippen LogP contribution in [0.15, 0.2) is 36.7 Å². The van der Waals surface area contributed by atoms with E-state index in [9.17, 15) is 14.0 Å². The number of ether oxygens (including phenoxy) is 1. The molecule has 27 heavy (non-hydrogen) atoms. The Morgan fingerprint density at radius 2 is 1.89 bits per heavy atom. The minimum absolute atomic E-state index is 0.0554. The molecule has 144 valence electrons. The molecule has 0 atom stereocenters. The Balaban J connectivity index is 1.59. The zero-order valence-corrected chi connectivity index (χ0v) is 15.3. The van der Waals surface area contributed by atoms with Gasteiger partial charge in [0.15, 0.2) is 0 Å². The van der Waals surface area contributed by atoms with E-state index in [1.165, 1.54) is 6.07 Å². The molecule has 3 rings (SSSR count). The van der Waals surface area contributed by atoms with Crippen LogP contribution in [0.1, 0.15) is 19.8 Å². The zero-order valence-electron chi connectivity index (χ0n) is 15.3. The number of esters is 1. The lowest BCUT2D eigenvalue weighted by molar-refractivity contribution is -0.145. The Hall–Kier alpha value is -2.90. The third kappa shape index (κ3) is 4.45. The molecule has 0 aliphatic carbocycles. The second-order valence-corrected chi connectivity index (χ2v) is 6.22. The number of nitrogens with zero attached hydrogens (tertiary/aromatic N) is 4. The average Bonchev–Trinajstić information content (AvgIpc) is 3.16. The molecule has 1 aliphatic heterocycles. The maximum absolute atomic E-state index is 14.1. The summed E-state index contributed by atoms with van der Waals surface area (Å²) in [7, 11) is 0. The van der Waals surface area contributed by atoms with Gasteiger partial charge in [-0.25, -0.2) is 9.37 Å². The number of amides is 1. The summed E-state index contributed by atoms with van der Waals surface area (Å²) in [6, 6.07) is 6.55. The molecule has 0 saturated carbocycles. The number of halogens is 1. The molecule has 1 amide bonds. The highest BCUT2D eigenvalue weighted by molar-refractivity contribution is 5.81. The van der Waals surface area contributed by atoms with Crippen LogP contribution in [0.5, 0.6) is 0 Å². The molecule has 2 heterocycles. The summed E-state index contributed by atoms with van der Waals surface area (Å²) in [5.41, 5.74) is 0.443. The summed E-state index contributed by atoms with van der Waals surface area (Å²) in [6.45, 7) is 4.31. The lowest BCUT2D eigenvalue weighted by atomic mass is 10.2. The van der Waals surface area contributed by atoms with Gasteiger partial charge < -0.3 is 14.5 Å². The van der Waals surface area contributed by atoms with Gasteiger partial charge in [0, 0.05) is 45.0 Å². The summed E-state index contributed by atoms with van der Waals surface area (Å²) >= 11 is 0. The predicted molar refractivity (Wildman–Crippen MR) is 98.2 cm³/mol. The number of para-hydroxylation sites is 1. The summed E-state index contributed by atoms with van der Waals surface area (Å²) < 4.78 is 20.7. The van der Waals surface area contributed by atoms with E-state index in [1.807, 2.05) is 4.90 Å². The minimum Gasteiger partial charge on any atom is -0.466 e. The van der Waals surface area contributed by atoms with E-state index in [4.69, 9.17) is 4.74 Å². The van der Waals surface area contributed by atoms with Crippen LogP contribution in [0.2, 0.25) is 0 Å². The fraction of sp³-hybridized carbons (Fsp3) is 0.421. The molecule has 1 saturated heterocycles. The van der Waals surface area contributed by atoms with Crippen LogP contribution < -0.4 is 4.90 Å². The molecule has 1 aromatic carbocycles. The third-order valence-corrected chi connectivity index (χ3v) is 4.50. The topological polar surface area (TPSA) is 67.7 Å². The minimum atomic E-state index is -0.351. The maximum Gasteiger partial charge on any atom is 0.306 e. The highest BCUT2D eigenvalue weighted by atomic mass is 19.1. The first-order chi connectivity index (χ1) is 13.1. The second kappa shape index (κ2) is 8.66. The highest BCUT2D eigenvalue weighted by Gasteiger charge is 2.24. The number of hydrogen-bond acceptors (Lipinski definition) is 5. The van der Waals surface area contributed by atoms with E-state index >= 15 is 0 Å². The molecule has 1 aromatic heterocycles. The number of hydrogen-bond donors (Lipinski definition) is 0. The van der Waals surface area contributed by atoms with Crippen LogP contribution in [0.3, 0.4) is 0 Å². The number of aromatic nitrogens is 2. The summed E-state index contributed by atoms with van der Waals surface area (Å²) in [5.74, 6) is -0.0696. The SMILES string of the molecule is CCOC(=O)CCC(=O)N1CCN(c2nccn2-c2ccccc2F)CC1. The Morgan fingerprint density at radius 1 is 1.15 bits per heavy atom. The summed E-state index contributed by atoms with van der Waals surface area (Å²) in [4.78, 5) is 31.8. The number of carbonyl (C=O) groups excluding carboxylic acids is 2. The molecule has 1 aliphatic rings. The predicted octanol–water partition coefficient (Wildman–Crippen LogP) is 2.00. The number of rotatable bonds is 6. The van der Waals surface area contributed by atoms with Crippen LogP contribution in [-0.2, 0) is 14.3 Å². The molecule has 0 spiro atoms. The van der Waals surface area contributed by atoms with Gasteiger partial charge in [-0.1, -0.05) is 12.1 Å². The molecule has 7 nitrogen and oxygen atoms in total. The molecule has 0 bridgehead atoms. The van der Waals surface area contributed by atoms with E-state index in [1.54, 1.807) is 47.0 Å². The van der Waals surface area contributed by atoms with E-state index < -0.39 is 0 Å². The first-order valence-electron chi connectivity index (χ1n) is 9.06. The normalized spacial score (nSPS) is 14.3. The van der Waals surface area contributed by atoms with E-state index in [-0.39, 0.29) is 30.5 Å². The Labute approximate surface area is 157 Å². The molecule has 1 fully saturated rings. The summed E-state index contributed by atoms with van der Waals surface area (Å²) in [6.07, 6.45) is 3.62. The van der Waals surface area contributed by atoms with Gasteiger partial charge in [0.2, 0.25) is 11.9 Å². The van der Waals surface area contributed by atoms with E-state index in [2.05, 4.69) is 4.98 Å². The molecular weight excluding hydrogens is 351 g/mol. The molecule has 0 radical (unpaired) electrons. The fourth-order valence-corrected chi connectivity index (χ4v) is 3.12. The number of benzene rings is 1. The van der Waals surface area contributed by atoms with Crippen LogP contribution >= 0.6 is 0 Å². The average molecular weight is 374 g/mol. The van der Waals surface area contributed by atoms with Crippen molar-refractivity contribution in [3.05, 3.63) is 42.5 Å². The van der Waals surface area contributed by atoms with Gasteiger partial charge in [-0.05, 0) is 19.1 Å². The van der Waals surface area contributed by atoms with Crippen molar-refractivity contribution in [2.45, 2.75) is 19.8 Å². The Bertz CT molecular complexity index is 800. The number of imidazole rings is 1. The number of carbonyl (C=O) groups is 2. The quantitative estimate of drug-likeness (QED) is 0.724. The third-order valence-electron chi connectivity index (χ3n) is 4.50. The number of anilines is 1.